The lowest BCUT2D eigenvalue weighted by atomic mass is 10.1. The standard InChI is InChI=1S/C30H10O2/c1-3-4-5-6-7-8-9-10-11-12-13-14-15-16-17-18-19-20-21-22-23-32-30-25-28(2)24-29(26-30)27-31/h1,24-26,31H,27H2,2H3. The minimum absolute atomic E-state index is 0.0656. The molecule has 0 saturated carbocycles. The minimum Gasteiger partial charge on any atom is -0.407 e. The van der Waals surface area contributed by atoms with Crippen molar-refractivity contribution in [3.05, 3.63) is 29.3 Å². The van der Waals surface area contributed by atoms with Gasteiger partial charge in [-0.15, -0.1) is 6.42 Å². The molecule has 1 N–H and O–H groups in total. The summed E-state index contributed by atoms with van der Waals surface area (Å²) < 4.78 is 5.25. The molecule has 0 radical (unpaired) electrons. The van der Waals surface area contributed by atoms with Crippen LogP contribution in [0.4, 0.5) is 0 Å². The molecule has 0 atom stereocenters. The van der Waals surface area contributed by atoms with E-state index >= 15 is 0 Å². The van der Waals surface area contributed by atoms with Crippen LogP contribution < -0.4 is 4.74 Å². The van der Waals surface area contributed by atoms with E-state index in [1.54, 1.807) is 12.1 Å². The van der Waals surface area contributed by atoms with Crippen molar-refractivity contribution >= 4 is 0 Å². The van der Waals surface area contributed by atoms with Gasteiger partial charge in [-0.1, -0.05) is 6.07 Å². The van der Waals surface area contributed by atoms with Gasteiger partial charge in [0.2, 0.25) is 0 Å². The highest BCUT2D eigenvalue weighted by molar-refractivity contribution is 5.47. The van der Waals surface area contributed by atoms with E-state index < -0.39 is 0 Å². The zero-order chi connectivity index (χ0) is 23.1. The Hall–Kier alpha value is -5.86. The molecule has 0 fully saturated rings. The van der Waals surface area contributed by atoms with E-state index in [2.05, 4.69) is 125 Å². The molecule has 1 aromatic rings. The Labute approximate surface area is 189 Å². The average molecular weight is 402 g/mol. The van der Waals surface area contributed by atoms with Crippen molar-refractivity contribution in [2.45, 2.75) is 13.5 Å². The summed E-state index contributed by atoms with van der Waals surface area (Å²) >= 11 is 0. The molecule has 0 aliphatic rings. The highest BCUT2D eigenvalue weighted by Gasteiger charge is 1.97. The summed E-state index contributed by atoms with van der Waals surface area (Å²) in [5.41, 5.74) is 1.71. The summed E-state index contributed by atoms with van der Waals surface area (Å²) in [6.07, 6.45) is 7.38. The molecule has 0 amide bonds. The van der Waals surface area contributed by atoms with Crippen LogP contribution in [-0.4, -0.2) is 5.11 Å². The average Bonchev–Trinajstić information content (AvgIpc) is 2.79. The summed E-state index contributed by atoms with van der Waals surface area (Å²) in [6, 6.07) is 5.37. The van der Waals surface area contributed by atoms with Crippen LogP contribution in [-0.2, 0) is 6.61 Å². The first-order valence-corrected chi connectivity index (χ1v) is 8.60. The first-order chi connectivity index (χ1) is 15.8. The summed E-state index contributed by atoms with van der Waals surface area (Å²) in [4.78, 5) is 0. The molecule has 0 aliphatic heterocycles. The van der Waals surface area contributed by atoms with Crippen LogP contribution in [0.25, 0.3) is 0 Å². The van der Waals surface area contributed by atoms with Crippen molar-refractivity contribution in [2.75, 3.05) is 0 Å². The molecule has 2 heteroatoms. The van der Waals surface area contributed by atoms with Crippen LogP contribution in [0, 0.1) is 138 Å². The van der Waals surface area contributed by atoms with E-state index in [0.717, 1.165) is 11.1 Å². The lowest BCUT2D eigenvalue weighted by Crippen LogP contribution is -1.89. The van der Waals surface area contributed by atoms with Gasteiger partial charge in [0.05, 0.1) is 6.61 Å². The predicted molar refractivity (Wildman–Crippen MR) is 124 cm³/mol. The number of aliphatic hydroxyl groups is 1. The molecule has 0 unspecified atom stereocenters. The highest BCUT2D eigenvalue weighted by atomic mass is 16.5. The second-order valence-corrected chi connectivity index (χ2v) is 5.04. The smallest absolute Gasteiger partial charge is 0.140 e. The first-order valence-electron chi connectivity index (χ1n) is 8.60. The lowest BCUT2D eigenvalue weighted by Gasteiger charge is -2.02. The zero-order valence-electron chi connectivity index (χ0n) is 16.9. The van der Waals surface area contributed by atoms with E-state index in [-0.39, 0.29) is 6.61 Å². The summed E-state index contributed by atoms with van der Waals surface area (Å²) in [6.45, 7) is 1.83. The quantitative estimate of drug-likeness (QED) is 0.760. The van der Waals surface area contributed by atoms with E-state index in [0.29, 0.717) is 5.75 Å². The normalized spacial score (nSPS) is 5.91. The zero-order valence-corrected chi connectivity index (χ0v) is 16.9. The van der Waals surface area contributed by atoms with Gasteiger partial charge in [-0.25, -0.2) is 0 Å². The largest absolute Gasteiger partial charge is 0.407 e. The van der Waals surface area contributed by atoms with Crippen LogP contribution >= 0.6 is 0 Å². The minimum atomic E-state index is -0.0656. The highest BCUT2D eigenvalue weighted by Crippen LogP contribution is 2.16. The monoisotopic (exact) mass is 402 g/mol. The maximum absolute atomic E-state index is 9.16. The van der Waals surface area contributed by atoms with Gasteiger partial charge in [-0.3, -0.25) is 0 Å². The Morgan fingerprint density at radius 3 is 1.44 bits per heavy atom. The second-order valence-electron chi connectivity index (χ2n) is 5.04. The van der Waals surface area contributed by atoms with Gasteiger partial charge in [0, 0.05) is 71.0 Å². The fraction of sp³-hybridized carbons (Fsp3) is 0.0667. The molecule has 0 heterocycles. The number of aryl methyl sites for hydroxylation is 1. The molecule has 32 heavy (non-hydrogen) atoms. The number of hydrogen-bond donors (Lipinski definition) is 1. The molecule has 142 valence electrons. The maximum Gasteiger partial charge on any atom is 0.140 e. The molecule has 2 nitrogen and oxygen atoms in total. The Kier molecular flexibility index (Phi) is 13.0. The summed E-state index contributed by atoms with van der Waals surface area (Å²) in [5.74, 6) is 49.8. The Balaban J connectivity index is 2.46. The van der Waals surface area contributed by atoms with Gasteiger partial charge >= 0.3 is 0 Å². The number of hydrogen-bond acceptors (Lipinski definition) is 2. The molecule has 0 aromatic heterocycles. The van der Waals surface area contributed by atoms with Gasteiger partial charge in [0.15, 0.2) is 0 Å². The number of terminal acetylenes is 1. The molecule has 0 bridgehead atoms. The van der Waals surface area contributed by atoms with E-state index in [4.69, 9.17) is 16.3 Å². The van der Waals surface area contributed by atoms with Crippen molar-refractivity contribution in [1.29, 1.82) is 0 Å². The molecular weight excluding hydrogens is 392 g/mol. The third-order valence-corrected chi connectivity index (χ3v) is 2.71. The van der Waals surface area contributed by atoms with E-state index in [9.17, 15) is 0 Å². The van der Waals surface area contributed by atoms with Gasteiger partial charge in [0.1, 0.15) is 11.9 Å². The van der Waals surface area contributed by atoms with Crippen LogP contribution in [0.2, 0.25) is 0 Å². The van der Waals surface area contributed by atoms with E-state index in [1.807, 2.05) is 13.0 Å². The number of ether oxygens (including phenoxy) is 1. The molecule has 1 rings (SSSR count). The van der Waals surface area contributed by atoms with Crippen molar-refractivity contribution < 1.29 is 9.84 Å². The molecule has 0 aliphatic carbocycles. The van der Waals surface area contributed by atoms with Crippen molar-refractivity contribution in [3.63, 3.8) is 0 Å². The Morgan fingerprint density at radius 2 is 1.03 bits per heavy atom. The van der Waals surface area contributed by atoms with Gasteiger partial charge in [0.25, 0.3) is 0 Å². The SMILES string of the molecule is C#CC#CC#CC#CC#CC#CC#CC#CC#CC#CC#COc1cc(C)cc(CO)c1. The van der Waals surface area contributed by atoms with E-state index in [1.165, 1.54) is 0 Å². The molecule has 0 saturated heterocycles. The van der Waals surface area contributed by atoms with Crippen molar-refractivity contribution in [3.8, 4) is 137 Å². The summed E-state index contributed by atoms with van der Waals surface area (Å²) in [5, 5.41) is 9.16. The van der Waals surface area contributed by atoms with Crippen LogP contribution in [0.3, 0.4) is 0 Å². The van der Waals surface area contributed by atoms with Crippen molar-refractivity contribution in [2.24, 2.45) is 0 Å². The van der Waals surface area contributed by atoms with Gasteiger partial charge in [-0.2, -0.15) is 0 Å². The molecule has 1 aromatic carbocycles. The number of benzene rings is 1. The number of aliphatic hydroxyl groups excluding tert-OH is 1. The fourth-order valence-electron chi connectivity index (χ4n) is 1.65. The lowest BCUT2D eigenvalue weighted by molar-refractivity contribution is 0.281. The van der Waals surface area contributed by atoms with Crippen LogP contribution in [0.5, 0.6) is 5.75 Å². The molecule has 0 spiro atoms. The van der Waals surface area contributed by atoms with Gasteiger partial charge in [-0.05, 0) is 77.5 Å². The van der Waals surface area contributed by atoms with Crippen LogP contribution in [0.15, 0.2) is 18.2 Å². The third-order valence-electron chi connectivity index (χ3n) is 2.71. The maximum atomic E-state index is 9.16. The van der Waals surface area contributed by atoms with Crippen LogP contribution in [0.1, 0.15) is 11.1 Å². The fourth-order valence-corrected chi connectivity index (χ4v) is 1.65. The van der Waals surface area contributed by atoms with Gasteiger partial charge < -0.3 is 9.84 Å². The summed E-state index contributed by atoms with van der Waals surface area (Å²) in [7, 11) is 0. The van der Waals surface area contributed by atoms with Crippen molar-refractivity contribution in [1.82, 2.24) is 0 Å². The Bertz CT molecular complexity index is 1540. The Morgan fingerprint density at radius 1 is 0.625 bits per heavy atom. The second kappa shape index (κ2) is 17.3. The number of rotatable bonds is 2. The third kappa shape index (κ3) is 13.3. The first kappa shape index (κ1) is 24.2. The molecular formula is C30H10O2. The topological polar surface area (TPSA) is 29.5 Å². The predicted octanol–water partition coefficient (Wildman–Crippen LogP) is 1.49.